The van der Waals surface area contributed by atoms with Gasteiger partial charge in [-0.1, -0.05) is 35.3 Å². The normalized spacial score (nSPS) is 10.9. The van der Waals surface area contributed by atoms with Crippen LogP contribution in [-0.4, -0.2) is 11.0 Å². The van der Waals surface area contributed by atoms with Crippen LogP contribution in [0.1, 0.15) is 5.56 Å². The fourth-order valence-electron chi connectivity index (χ4n) is 1.66. The molecule has 1 amide bonds. The number of halogens is 2. The molecule has 0 aliphatic carbocycles. The molecule has 0 saturated carbocycles. The molecule has 110 valence electrons. The van der Waals surface area contributed by atoms with Crippen molar-refractivity contribution in [2.75, 3.05) is 5.32 Å². The molecule has 0 fully saturated rings. The fourth-order valence-corrected chi connectivity index (χ4v) is 1.96. The van der Waals surface area contributed by atoms with E-state index < -0.39 is 5.91 Å². The second-order valence-electron chi connectivity index (χ2n) is 4.34. The fraction of sp³-hybridized carbons (Fsp3) is 0. The van der Waals surface area contributed by atoms with Crippen molar-refractivity contribution in [3.8, 4) is 11.8 Å². The standard InChI is InChI=1S/C16H10Cl2N2O2/c17-14-6-3-12(8-15(14)18)20-16(22)11(9-19)7-10-1-4-13(21)5-2-10/h1-8,21H,(H,20,22)/b11-7-. The smallest absolute Gasteiger partial charge is 0.266 e. The average molecular weight is 333 g/mol. The quantitative estimate of drug-likeness (QED) is 0.652. The SMILES string of the molecule is N#C/C(=C/c1ccc(O)cc1)C(=O)Nc1ccc(Cl)c(Cl)c1. The van der Waals surface area contributed by atoms with Crippen molar-refractivity contribution < 1.29 is 9.90 Å². The van der Waals surface area contributed by atoms with Crippen molar-refractivity contribution >= 4 is 40.9 Å². The predicted molar refractivity (Wildman–Crippen MR) is 86.8 cm³/mol. The minimum atomic E-state index is -0.561. The molecular formula is C16H10Cl2N2O2. The van der Waals surface area contributed by atoms with E-state index in [9.17, 15) is 9.90 Å². The Morgan fingerprint density at radius 1 is 1.14 bits per heavy atom. The number of nitrogens with zero attached hydrogens (tertiary/aromatic N) is 1. The molecule has 0 atom stereocenters. The molecular weight excluding hydrogens is 323 g/mol. The summed E-state index contributed by atoms with van der Waals surface area (Å²) in [4.78, 5) is 12.1. The maximum absolute atomic E-state index is 12.1. The molecule has 0 radical (unpaired) electrons. The zero-order valence-electron chi connectivity index (χ0n) is 11.2. The van der Waals surface area contributed by atoms with Gasteiger partial charge in [0.25, 0.3) is 5.91 Å². The number of carbonyl (C=O) groups is 1. The van der Waals surface area contributed by atoms with E-state index in [4.69, 9.17) is 28.5 Å². The molecule has 0 saturated heterocycles. The highest BCUT2D eigenvalue weighted by Crippen LogP contribution is 2.25. The number of rotatable bonds is 3. The number of amides is 1. The summed E-state index contributed by atoms with van der Waals surface area (Å²) >= 11 is 11.7. The number of benzene rings is 2. The van der Waals surface area contributed by atoms with Crippen LogP contribution in [0.15, 0.2) is 48.0 Å². The highest BCUT2D eigenvalue weighted by Gasteiger charge is 2.10. The van der Waals surface area contributed by atoms with Crippen molar-refractivity contribution in [3.63, 3.8) is 0 Å². The van der Waals surface area contributed by atoms with E-state index in [1.54, 1.807) is 24.3 Å². The summed E-state index contributed by atoms with van der Waals surface area (Å²) in [5.74, 6) is -0.454. The van der Waals surface area contributed by atoms with E-state index in [0.29, 0.717) is 21.3 Å². The Balaban J connectivity index is 2.20. The van der Waals surface area contributed by atoms with Crippen LogP contribution in [0.2, 0.25) is 10.0 Å². The lowest BCUT2D eigenvalue weighted by molar-refractivity contribution is -0.112. The second-order valence-corrected chi connectivity index (χ2v) is 5.16. The van der Waals surface area contributed by atoms with Gasteiger partial charge in [0.15, 0.2) is 0 Å². The van der Waals surface area contributed by atoms with E-state index in [1.165, 1.54) is 24.3 Å². The number of phenols is 1. The third kappa shape index (κ3) is 4.01. The molecule has 2 aromatic rings. The van der Waals surface area contributed by atoms with E-state index >= 15 is 0 Å². The van der Waals surface area contributed by atoms with Crippen molar-refractivity contribution in [2.45, 2.75) is 0 Å². The third-order valence-corrected chi connectivity index (χ3v) is 3.49. The number of hydrogen-bond acceptors (Lipinski definition) is 3. The van der Waals surface area contributed by atoms with Gasteiger partial charge in [0.1, 0.15) is 17.4 Å². The number of nitrogens with one attached hydrogen (secondary N) is 1. The zero-order valence-corrected chi connectivity index (χ0v) is 12.7. The van der Waals surface area contributed by atoms with E-state index in [2.05, 4.69) is 5.32 Å². The molecule has 22 heavy (non-hydrogen) atoms. The van der Waals surface area contributed by atoms with Crippen LogP contribution in [0.4, 0.5) is 5.69 Å². The molecule has 0 aliphatic rings. The van der Waals surface area contributed by atoms with Gasteiger partial charge in [0.2, 0.25) is 0 Å². The highest BCUT2D eigenvalue weighted by atomic mass is 35.5. The van der Waals surface area contributed by atoms with Gasteiger partial charge in [0.05, 0.1) is 10.0 Å². The van der Waals surface area contributed by atoms with Crippen LogP contribution in [0, 0.1) is 11.3 Å². The van der Waals surface area contributed by atoms with Crippen LogP contribution in [0.3, 0.4) is 0 Å². The average Bonchev–Trinajstić information content (AvgIpc) is 2.50. The first-order valence-electron chi connectivity index (χ1n) is 6.17. The zero-order chi connectivity index (χ0) is 16.1. The van der Waals surface area contributed by atoms with Gasteiger partial charge < -0.3 is 10.4 Å². The van der Waals surface area contributed by atoms with E-state index in [0.717, 1.165) is 0 Å². The van der Waals surface area contributed by atoms with Gasteiger partial charge in [-0.3, -0.25) is 4.79 Å². The predicted octanol–water partition coefficient (Wildman–Crippen LogP) is 4.24. The van der Waals surface area contributed by atoms with Gasteiger partial charge in [-0.25, -0.2) is 0 Å². The Bertz CT molecular complexity index is 778. The van der Waals surface area contributed by atoms with Crippen LogP contribution in [-0.2, 0) is 4.79 Å². The van der Waals surface area contributed by atoms with Crippen LogP contribution in [0.5, 0.6) is 5.75 Å². The van der Waals surface area contributed by atoms with E-state index in [-0.39, 0.29) is 11.3 Å². The minimum absolute atomic E-state index is 0.0724. The number of carbonyl (C=O) groups excluding carboxylic acids is 1. The topological polar surface area (TPSA) is 73.1 Å². The number of anilines is 1. The van der Waals surface area contributed by atoms with Gasteiger partial charge in [0, 0.05) is 5.69 Å². The van der Waals surface area contributed by atoms with Crippen molar-refractivity contribution in [2.24, 2.45) is 0 Å². The molecule has 2 aromatic carbocycles. The van der Waals surface area contributed by atoms with Crippen LogP contribution >= 0.6 is 23.2 Å². The van der Waals surface area contributed by atoms with E-state index in [1.807, 2.05) is 6.07 Å². The first-order chi connectivity index (χ1) is 10.5. The number of hydrogen-bond donors (Lipinski definition) is 2. The first-order valence-corrected chi connectivity index (χ1v) is 6.92. The Morgan fingerprint density at radius 2 is 1.82 bits per heavy atom. The Morgan fingerprint density at radius 3 is 2.41 bits per heavy atom. The largest absolute Gasteiger partial charge is 0.508 e. The van der Waals surface area contributed by atoms with Crippen LogP contribution in [0.25, 0.3) is 6.08 Å². The summed E-state index contributed by atoms with van der Waals surface area (Å²) in [5.41, 5.74) is 0.988. The molecule has 0 spiro atoms. The molecule has 0 aliphatic heterocycles. The maximum atomic E-state index is 12.1. The monoisotopic (exact) mass is 332 g/mol. The molecule has 0 aromatic heterocycles. The van der Waals surface area contributed by atoms with Gasteiger partial charge in [-0.05, 0) is 42.0 Å². The number of nitriles is 1. The number of aromatic hydroxyl groups is 1. The molecule has 6 heteroatoms. The molecule has 0 heterocycles. The first kappa shape index (κ1) is 15.9. The second kappa shape index (κ2) is 6.99. The summed E-state index contributed by atoms with van der Waals surface area (Å²) in [6.07, 6.45) is 1.42. The lowest BCUT2D eigenvalue weighted by Crippen LogP contribution is -2.13. The molecule has 0 unspecified atom stereocenters. The van der Waals surface area contributed by atoms with Crippen molar-refractivity contribution in [1.82, 2.24) is 0 Å². The Hall–Kier alpha value is -2.48. The summed E-state index contributed by atoms with van der Waals surface area (Å²) in [6.45, 7) is 0. The molecule has 2 rings (SSSR count). The number of phenolic OH excluding ortho intramolecular Hbond substituents is 1. The summed E-state index contributed by atoms with van der Waals surface area (Å²) in [6, 6.07) is 12.6. The summed E-state index contributed by atoms with van der Waals surface area (Å²) < 4.78 is 0. The minimum Gasteiger partial charge on any atom is -0.508 e. The summed E-state index contributed by atoms with van der Waals surface area (Å²) in [7, 11) is 0. The Labute approximate surface area is 137 Å². The van der Waals surface area contributed by atoms with Crippen molar-refractivity contribution in [1.29, 1.82) is 5.26 Å². The Kier molecular flexibility index (Phi) is 5.05. The third-order valence-electron chi connectivity index (χ3n) is 2.75. The summed E-state index contributed by atoms with van der Waals surface area (Å²) in [5, 5.41) is 21.6. The molecule has 2 N–H and O–H groups in total. The van der Waals surface area contributed by atoms with Crippen LogP contribution < -0.4 is 5.32 Å². The van der Waals surface area contributed by atoms with Gasteiger partial charge in [-0.2, -0.15) is 5.26 Å². The van der Waals surface area contributed by atoms with Gasteiger partial charge in [-0.15, -0.1) is 0 Å². The highest BCUT2D eigenvalue weighted by molar-refractivity contribution is 6.42. The van der Waals surface area contributed by atoms with Crippen molar-refractivity contribution in [3.05, 3.63) is 63.6 Å². The molecule has 4 nitrogen and oxygen atoms in total. The molecule has 0 bridgehead atoms. The lowest BCUT2D eigenvalue weighted by Gasteiger charge is -2.05. The maximum Gasteiger partial charge on any atom is 0.266 e. The van der Waals surface area contributed by atoms with Gasteiger partial charge >= 0.3 is 0 Å². The lowest BCUT2D eigenvalue weighted by atomic mass is 10.1.